The lowest BCUT2D eigenvalue weighted by molar-refractivity contribution is 0.352. The first-order chi connectivity index (χ1) is 6.88. The maximum absolute atomic E-state index is 12.0. The van der Waals surface area contributed by atoms with Crippen molar-refractivity contribution in [2.24, 2.45) is 17.6 Å². The van der Waals surface area contributed by atoms with E-state index in [9.17, 15) is 8.42 Å². The Kier molecular flexibility index (Phi) is 4.14. The molecule has 1 saturated heterocycles. The van der Waals surface area contributed by atoms with Crippen LogP contribution < -0.4 is 5.73 Å². The predicted molar refractivity (Wildman–Crippen MR) is 62.0 cm³/mol. The third-order valence-electron chi connectivity index (χ3n) is 2.97. The van der Waals surface area contributed by atoms with Gasteiger partial charge >= 0.3 is 0 Å². The van der Waals surface area contributed by atoms with E-state index < -0.39 is 10.0 Å². The molecule has 0 saturated carbocycles. The number of nitrogens with zero attached hydrogens (tertiary/aromatic N) is 1. The minimum atomic E-state index is -3.10. The van der Waals surface area contributed by atoms with E-state index in [4.69, 9.17) is 5.73 Å². The number of hydrogen-bond donors (Lipinski definition) is 1. The van der Waals surface area contributed by atoms with Gasteiger partial charge in [-0.25, -0.2) is 8.42 Å². The van der Waals surface area contributed by atoms with Gasteiger partial charge in [0.25, 0.3) is 0 Å². The Bertz CT molecular complexity index is 301. The van der Waals surface area contributed by atoms with E-state index >= 15 is 0 Å². The smallest absolute Gasteiger partial charge is 0.214 e. The lowest BCUT2D eigenvalue weighted by Gasteiger charge is -2.25. The Morgan fingerprint density at radius 1 is 1.47 bits per heavy atom. The first-order valence-corrected chi connectivity index (χ1v) is 7.19. The molecule has 4 nitrogen and oxygen atoms in total. The van der Waals surface area contributed by atoms with Crippen molar-refractivity contribution in [2.75, 3.05) is 18.8 Å². The molecule has 1 rings (SSSR count). The summed E-state index contributed by atoms with van der Waals surface area (Å²) in [6, 6.07) is 0.00810. The summed E-state index contributed by atoms with van der Waals surface area (Å²) in [6.45, 7) is 6.99. The third-order valence-corrected chi connectivity index (χ3v) is 5.23. The lowest BCUT2D eigenvalue weighted by atomic mass is 10.0. The van der Waals surface area contributed by atoms with Gasteiger partial charge in [-0.2, -0.15) is 4.31 Å². The van der Waals surface area contributed by atoms with Crippen molar-refractivity contribution in [3.8, 4) is 0 Å². The average molecular weight is 234 g/mol. The molecule has 1 heterocycles. The van der Waals surface area contributed by atoms with E-state index in [1.54, 1.807) is 4.31 Å². The van der Waals surface area contributed by atoms with Crippen LogP contribution in [0.4, 0.5) is 0 Å². The topological polar surface area (TPSA) is 63.4 Å². The van der Waals surface area contributed by atoms with Crippen molar-refractivity contribution in [2.45, 2.75) is 33.2 Å². The van der Waals surface area contributed by atoms with Gasteiger partial charge in [-0.1, -0.05) is 20.8 Å². The average Bonchev–Trinajstić information content (AvgIpc) is 2.44. The zero-order valence-corrected chi connectivity index (χ0v) is 10.6. The molecule has 2 unspecified atom stereocenters. The molecule has 1 fully saturated rings. The van der Waals surface area contributed by atoms with Crippen LogP contribution in [-0.2, 0) is 10.0 Å². The summed E-state index contributed by atoms with van der Waals surface area (Å²) in [4.78, 5) is 0. The van der Waals surface area contributed by atoms with Crippen LogP contribution in [0.3, 0.4) is 0 Å². The van der Waals surface area contributed by atoms with Crippen molar-refractivity contribution in [3.05, 3.63) is 0 Å². The Labute approximate surface area is 92.9 Å². The molecule has 0 bridgehead atoms. The maximum atomic E-state index is 12.0. The van der Waals surface area contributed by atoms with Crippen molar-refractivity contribution >= 4 is 10.0 Å². The van der Waals surface area contributed by atoms with Crippen LogP contribution in [0.2, 0.25) is 0 Å². The minimum Gasteiger partial charge on any atom is -0.329 e. The van der Waals surface area contributed by atoms with Gasteiger partial charge in [-0.3, -0.25) is 0 Å². The molecule has 0 amide bonds. The van der Waals surface area contributed by atoms with Crippen LogP contribution in [0.25, 0.3) is 0 Å². The first-order valence-electron chi connectivity index (χ1n) is 5.58. The number of rotatable bonds is 4. The molecule has 1 aliphatic rings. The van der Waals surface area contributed by atoms with E-state index in [0.29, 0.717) is 19.0 Å². The van der Waals surface area contributed by atoms with Crippen LogP contribution in [-0.4, -0.2) is 37.6 Å². The molecule has 2 atom stereocenters. The van der Waals surface area contributed by atoms with Crippen LogP contribution in [0, 0.1) is 11.8 Å². The predicted octanol–water partition coefficient (Wildman–Crippen LogP) is 0.641. The van der Waals surface area contributed by atoms with Gasteiger partial charge in [-0.05, 0) is 18.3 Å². The molecule has 5 heteroatoms. The molecule has 90 valence electrons. The van der Waals surface area contributed by atoms with Crippen LogP contribution in [0.15, 0.2) is 0 Å². The first kappa shape index (κ1) is 12.9. The fraction of sp³-hybridized carbons (Fsp3) is 1.00. The quantitative estimate of drug-likeness (QED) is 0.776. The minimum absolute atomic E-state index is 0.00810. The van der Waals surface area contributed by atoms with Crippen LogP contribution >= 0.6 is 0 Å². The highest BCUT2D eigenvalue weighted by Gasteiger charge is 2.37. The SMILES string of the molecule is CC(C)CS(=O)(=O)N1CCC(C)C1CN. The third kappa shape index (κ3) is 2.92. The number of nitrogens with two attached hydrogens (primary N) is 1. The number of hydrogen-bond acceptors (Lipinski definition) is 3. The normalized spacial score (nSPS) is 28.9. The molecule has 0 radical (unpaired) electrons. The molecule has 0 aromatic carbocycles. The zero-order chi connectivity index (χ0) is 11.6. The van der Waals surface area contributed by atoms with E-state index in [1.165, 1.54) is 0 Å². The summed E-state index contributed by atoms with van der Waals surface area (Å²) in [5, 5.41) is 0. The second-order valence-electron chi connectivity index (χ2n) is 4.85. The monoisotopic (exact) mass is 234 g/mol. The van der Waals surface area contributed by atoms with E-state index in [0.717, 1.165) is 6.42 Å². The van der Waals surface area contributed by atoms with Gasteiger partial charge in [0.15, 0.2) is 0 Å². The highest BCUT2D eigenvalue weighted by molar-refractivity contribution is 7.89. The van der Waals surface area contributed by atoms with Crippen molar-refractivity contribution in [1.29, 1.82) is 0 Å². The van der Waals surface area contributed by atoms with Gasteiger partial charge in [0.05, 0.1) is 5.75 Å². The largest absolute Gasteiger partial charge is 0.329 e. The van der Waals surface area contributed by atoms with Gasteiger partial charge in [0.2, 0.25) is 10.0 Å². The molecule has 2 N–H and O–H groups in total. The van der Waals surface area contributed by atoms with Crippen molar-refractivity contribution in [1.82, 2.24) is 4.31 Å². The Morgan fingerprint density at radius 3 is 2.53 bits per heavy atom. The molecule has 15 heavy (non-hydrogen) atoms. The standard InChI is InChI=1S/C10H22N2O2S/c1-8(2)7-15(13,14)12-5-4-9(3)10(12)6-11/h8-10H,4-7,11H2,1-3H3. The second-order valence-corrected chi connectivity index (χ2v) is 6.82. The van der Waals surface area contributed by atoms with Crippen molar-refractivity contribution < 1.29 is 8.42 Å². The fourth-order valence-electron chi connectivity index (χ4n) is 2.19. The fourth-order valence-corrected chi connectivity index (χ4v) is 4.31. The van der Waals surface area contributed by atoms with Crippen LogP contribution in [0.5, 0.6) is 0 Å². The van der Waals surface area contributed by atoms with Crippen molar-refractivity contribution in [3.63, 3.8) is 0 Å². The van der Waals surface area contributed by atoms with E-state index in [2.05, 4.69) is 6.92 Å². The molecule has 0 aliphatic carbocycles. The highest BCUT2D eigenvalue weighted by Crippen LogP contribution is 2.26. The summed E-state index contributed by atoms with van der Waals surface area (Å²) in [5.41, 5.74) is 5.64. The van der Waals surface area contributed by atoms with Gasteiger partial charge in [-0.15, -0.1) is 0 Å². The summed E-state index contributed by atoms with van der Waals surface area (Å²) >= 11 is 0. The molecule has 0 spiro atoms. The van der Waals surface area contributed by atoms with E-state index in [-0.39, 0.29) is 17.7 Å². The van der Waals surface area contributed by atoms with Crippen LogP contribution in [0.1, 0.15) is 27.2 Å². The lowest BCUT2D eigenvalue weighted by Crippen LogP contribution is -2.43. The van der Waals surface area contributed by atoms with Gasteiger partial charge < -0.3 is 5.73 Å². The molecule has 0 aromatic rings. The summed E-state index contributed by atoms with van der Waals surface area (Å²) in [5.74, 6) is 0.789. The summed E-state index contributed by atoms with van der Waals surface area (Å²) < 4.78 is 25.7. The Balaban J connectivity index is 2.79. The van der Waals surface area contributed by atoms with Gasteiger partial charge in [0, 0.05) is 19.1 Å². The molecular formula is C10H22N2O2S. The zero-order valence-electron chi connectivity index (χ0n) is 9.81. The van der Waals surface area contributed by atoms with E-state index in [1.807, 2.05) is 13.8 Å². The second kappa shape index (κ2) is 4.80. The maximum Gasteiger partial charge on any atom is 0.214 e. The molecular weight excluding hydrogens is 212 g/mol. The molecule has 1 aliphatic heterocycles. The highest BCUT2D eigenvalue weighted by atomic mass is 32.2. The summed E-state index contributed by atoms with van der Waals surface area (Å²) in [7, 11) is -3.10. The number of sulfonamides is 1. The Morgan fingerprint density at radius 2 is 2.07 bits per heavy atom. The van der Waals surface area contributed by atoms with Gasteiger partial charge in [0.1, 0.15) is 0 Å². The molecule has 0 aromatic heterocycles. The Hall–Kier alpha value is -0.130. The summed E-state index contributed by atoms with van der Waals surface area (Å²) in [6.07, 6.45) is 0.930.